The molecule has 0 bridgehead atoms. The minimum Gasteiger partial charge on any atom is -0.361 e. The van der Waals surface area contributed by atoms with Gasteiger partial charge < -0.3 is 10.3 Å². The van der Waals surface area contributed by atoms with Crippen LogP contribution >= 0.6 is 11.8 Å². The first kappa shape index (κ1) is 11.2. The summed E-state index contributed by atoms with van der Waals surface area (Å²) in [5.41, 5.74) is 2.68. The number of hydrogen-bond acceptors (Lipinski definition) is 2. The molecule has 17 heavy (non-hydrogen) atoms. The van der Waals surface area contributed by atoms with Crippen LogP contribution in [0, 0.1) is 0 Å². The van der Waals surface area contributed by atoms with Gasteiger partial charge in [-0.05, 0) is 36.8 Å². The first-order valence-corrected chi connectivity index (χ1v) is 7.45. The second-order valence-electron chi connectivity index (χ2n) is 4.62. The number of para-hydroxylation sites is 1. The number of nitrogens with one attached hydrogen (secondary N) is 2. The van der Waals surface area contributed by atoms with E-state index < -0.39 is 0 Å². The lowest BCUT2D eigenvalue weighted by Gasteiger charge is -2.10. The van der Waals surface area contributed by atoms with Gasteiger partial charge >= 0.3 is 0 Å². The third-order valence-corrected chi connectivity index (χ3v) is 4.59. The minimum absolute atomic E-state index is 0.741. The fourth-order valence-electron chi connectivity index (χ4n) is 2.44. The second kappa shape index (κ2) is 5.15. The Balaban J connectivity index is 1.60. The van der Waals surface area contributed by atoms with Crippen LogP contribution in [-0.4, -0.2) is 29.1 Å². The lowest BCUT2D eigenvalue weighted by molar-refractivity contribution is 0.561. The highest BCUT2D eigenvalue weighted by Gasteiger charge is 2.14. The summed E-state index contributed by atoms with van der Waals surface area (Å²) >= 11 is 2.06. The number of aromatic amines is 1. The molecule has 0 saturated carbocycles. The Morgan fingerprint density at radius 2 is 2.29 bits per heavy atom. The summed E-state index contributed by atoms with van der Waals surface area (Å²) in [6, 6.07) is 9.27. The van der Waals surface area contributed by atoms with Gasteiger partial charge in [0.1, 0.15) is 0 Å². The van der Waals surface area contributed by atoms with Gasteiger partial charge in [-0.2, -0.15) is 11.8 Å². The molecule has 3 heteroatoms. The summed E-state index contributed by atoms with van der Waals surface area (Å²) in [6.45, 7) is 1.09. The molecular formula is C14H18N2S. The zero-order valence-electron chi connectivity index (χ0n) is 9.91. The third-order valence-electron chi connectivity index (χ3n) is 3.43. The number of fused-ring (bicyclic) bond motifs is 1. The van der Waals surface area contributed by atoms with Crippen LogP contribution in [0.15, 0.2) is 30.5 Å². The first-order valence-electron chi connectivity index (χ1n) is 6.29. The van der Waals surface area contributed by atoms with Gasteiger partial charge in [-0.3, -0.25) is 0 Å². The van der Waals surface area contributed by atoms with Gasteiger partial charge in [-0.1, -0.05) is 18.2 Å². The van der Waals surface area contributed by atoms with Crippen molar-refractivity contribution in [1.82, 2.24) is 10.3 Å². The van der Waals surface area contributed by atoms with Crippen LogP contribution in [0.5, 0.6) is 0 Å². The van der Waals surface area contributed by atoms with E-state index in [-0.39, 0.29) is 0 Å². The molecule has 0 radical (unpaired) electrons. The summed E-state index contributed by atoms with van der Waals surface area (Å²) in [5, 5.41) is 5.02. The van der Waals surface area contributed by atoms with E-state index in [0.717, 1.165) is 19.0 Å². The molecule has 1 saturated heterocycles. The Morgan fingerprint density at radius 1 is 1.35 bits per heavy atom. The number of aromatic nitrogens is 1. The van der Waals surface area contributed by atoms with Crippen molar-refractivity contribution in [1.29, 1.82) is 0 Å². The van der Waals surface area contributed by atoms with Crippen molar-refractivity contribution in [2.75, 3.05) is 18.1 Å². The predicted molar refractivity (Wildman–Crippen MR) is 75.7 cm³/mol. The average molecular weight is 246 g/mol. The molecule has 1 atom stereocenters. The molecular weight excluding hydrogens is 228 g/mol. The molecule has 2 aromatic rings. The van der Waals surface area contributed by atoms with Gasteiger partial charge in [0, 0.05) is 28.9 Å². The monoisotopic (exact) mass is 246 g/mol. The summed E-state index contributed by atoms with van der Waals surface area (Å²) < 4.78 is 0. The van der Waals surface area contributed by atoms with Crippen LogP contribution in [-0.2, 0) is 6.42 Å². The number of benzene rings is 1. The highest BCUT2D eigenvalue weighted by atomic mass is 32.2. The molecule has 1 aliphatic rings. The van der Waals surface area contributed by atoms with E-state index in [1.54, 1.807) is 0 Å². The molecule has 1 aromatic heterocycles. The van der Waals surface area contributed by atoms with E-state index in [0.29, 0.717) is 0 Å². The number of H-pyrrole nitrogens is 1. The second-order valence-corrected chi connectivity index (χ2v) is 5.77. The lowest BCUT2D eigenvalue weighted by Crippen LogP contribution is -2.30. The predicted octanol–water partition coefficient (Wildman–Crippen LogP) is 2.81. The molecule has 2 N–H and O–H groups in total. The molecule has 0 unspecified atom stereocenters. The van der Waals surface area contributed by atoms with Gasteiger partial charge in [0.25, 0.3) is 0 Å². The highest BCUT2D eigenvalue weighted by molar-refractivity contribution is 7.99. The maximum atomic E-state index is 3.65. The normalized spacial score (nSPS) is 20.1. The van der Waals surface area contributed by atoms with Gasteiger partial charge in [-0.25, -0.2) is 0 Å². The van der Waals surface area contributed by atoms with Crippen LogP contribution in [0.25, 0.3) is 10.9 Å². The van der Waals surface area contributed by atoms with E-state index >= 15 is 0 Å². The van der Waals surface area contributed by atoms with E-state index in [9.17, 15) is 0 Å². The number of rotatable bonds is 4. The van der Waals surface area contributed by atoms with Crippen LogP contribution in [0.3, 0.4) is 0 Å². The Kier molecular flexibility index (Phi) is 3.39. The fourth-order valence-corrected chi connectivity index (χ4v) is 3.63. The standard InChI is InChI=1S/C14H18N2S/c1-2-4-14-13(3-1)11(9-16-14)5-7-15-12-6-8-17-10-12/h1-4,9,12,15-16H,5-8,10H2/t12-/m0/s1. The van der Waals surface area contributed by atoms with Gasteiger partial charge in [0.15, 0.2) is 0 Å². The molecule has 0 spiro atoms. The van der Waals surface area contributed by atoms with Crippen molar-refractivity contribution in [2.45, 2.75) is 18.9 Å². The SMILES string of the molecule is c1ccc2c(CCN[C@H]3CCSC3)c[nH]c2c1. The van der Waals surface area contributed by atoms with Crippen LogP contribution in [0.2, 0.25) is 0 Å². The Morgan fingerprint density at radius 3 is 3.18 bits per heavy atom. The van der Waals surface area contributed by atoms with Crippen LogP contribution in [0.4, 0.5) is 0 Å². The van der Waals surface area contributed by atoms with Crippen molar-refractivity contribution in [2.24, 2.45) is 0 Å². The fraction of sp³-hybridized carbons (Fsp3) is 0.429. The highest BCUT2D eigenvalue weighted by Crippen LogP contribution is 2.19. The van der Waals surface area contributed by atoms with E-state index in [4.69, 9.17) is 0 Å². The van der Waals surface area contributed by atoms with Crippen molar-refractivity contribution < 1.29 is 0 Å². The lowest BCUT2D eigenvalue weighted by atomic mass is 10.1. The van der Waals surface area contributed by atoms with Gasteiger partial charge in [0.05, 0.1) is 0 Å². The number of hydrogen-bond donors (Lipinski definition) is 2. The summed E-state index contributed by atoms with van der Waals surface area (Å²) in [5.74, 6) is 2.61. The molecule has 90 valence electrons. The molecule has 1 fully saturated rings. The van der Waals surface area contributed by atoms with Crippen LogP contribution < -0.4 is 5.32 Å². The maximum absolute atomic E-state index is 3.65. The molecule has 3 rings (SSSR count). The van der Waals surface area contributed by atoms with Crippen molar-refractivity contribution in [3.05, 3.63) is 36.0 Å². The first-order chi connectivity index (χ1) is 8.43. The summed E-state index contributed by atoms with van der Waals surface area (Å²) in [4.78, 5) is 3.33. The van der Waals surface area contributed by atoms with Crippen molar-refractivity contribution >= 4 is 22.7 Å². The van der Waals surface area contributed by atoms with Crippen molar-refractivity contribution in [3.63, 3.8) is 0 Å². The topological polar surface area (TPSA) is 27.8 Å². The maximum Gasteiger partial charge on any atom is 0.0456 e. The summed E-state index contributed by atoms with van der Waals surface area (Å²) in [6.07, 6.45) is 4.60. The zero-order chi connectivity index (χ0) is 11.5. The van der Waals surface area contributed by atoms with Crippen molar-refractivity contribution in [3.8, 4) is 0 Å². The molecule has 1 aliphatic heterocycles. The van der Waals surface area contributed by atoms with Gasteiger partial charge in [-0.15, -0.1) is 0 Å². The minimum atomic E-state index is 0.741. The molecule has 0 aliphatic carbocycles. The van der Waals surface area contributed by atoms with E-state index in [2.05, 4.69) is 52.5 Å². The Bertz CT molecular complexity index is 486. The van der Waals surface area contributed by atoms with E-state index in [1.807, 2.05) is 0 Å². The Hall–Kier alpha value is -0.930. The van der Waals surface area contributed by atoms with Crippen LogP contribution in [0.1, 0.15) is 12.0 Å². The molecule has 2 nitrogen and oxygen atoms in total. The summed E-state index contributed by atoms with van der Waals surface area (Å²) in [7, 11) is 0. The molecule has 1 aromatic carbocycles. The van der Waals surface area contributed by atoms with E-state index in [1.165, 1.54) is 34.4 Å². The zero-order valence-corrected chi connectivity index (χ0v) is 10.7. The number of thioether (sulfide) groups is 1. The van der Waals surface area contributed by atoms with Gasteiger partial charge in [0.2, 0.25) is 0 Å². The average Bonchev–Trinajstić information content (AvgIpc) is 2.99. The quantitative estimate of drug-likeness (QED) is 0.868. The Labute approximate surface area is 106 Å². The smallest absolute Gasteiger partial charge is 0.0456 e. The molecule has 0 amide bonds. The largest absolute Gasteiger partial charge is 0.361 e. The third kappa shape index (κ3) is 2.50. The molecule has 2 heterocycles.